The molecule has 0 saturated carbocycles. The fourth-order valence-electron chi connectivity index (χ4n) is 0.839. The molecule has 0 saturated heterocycles. The van der Waals surface area contributed by atoms with Gasteiger partial charge in [0, 0.05) is 5.02 Å². The Balaban J connectivity index is 3.17. The van der Waals surface area contributed by atoms with E-state index in [4.69, 9.17) is 18.2 Å². The van der Waals surface area contributed by atoms with Crippen LogP contribution < -0.4 is 0 Å². The summed E-state index contributed by atoms with van der Waals surface area (Å²) in [6.45, 7) is 5.12. The van der Waals surface area contributed by atoms with Gasteiger partial charge in [-0.2, -0.15) is 13.2 Å². The predicted molar refractivity (Wildman–Crippen MR) is 45.2 cm³/mol. The highest BCUT2D eigenvalue weighted by atomic mass is 35.5. The summed E-state index contributed by atoms with van der Waals surface area (Å²) in [5, 5.41) is -0.00248. The third kappa shape index (κ3) is 2.25. The van der Waals surface area contributed by atoms with Crippen LogP contribution in [0.15, 0.2) is 18.2 Å². The van der Waals surface area contributed by atoms with E-state index in [0.29, 0.717) is 5.56 Å². The Labute approximate surface area is 78.6 Å². The molecule has 1 rings (SSSR count). The molecule has 0 fully saturated rings. The third-order valence-electron chi connectivity index (χ3n) is 1.51. The van der Waals surface area contributed by atoms with Crippen LogP contribution >= 0.6 is 11.6 Å². The van der Waals surface area contributed by atoms with Gasteiger partial charge in [0.2, 0.25) is 0 Å². The van der Waals surface area contributed by atoms with Gasteiger partial charge in [-0.25, -0.2) is 0 Å². The molecule has 0 nitrogen and oxygen atoms in total. The smallest absolute Gasteiger partial charge is 0.166 e. The van der Waals surface area contributed by atoms with Crippen LogP contribution in [0.3, 0.4) is 0 Å². The number of rotatable bonds is 1. The first-order valence-corrected chi connectivity index (χ1v) is 3.74. The molecule has 0 aromatic heterocycles. The van der Waals surface area contributed by atoms with Crippen molar-refractivity contribution in [1.82, 2.24) is 0 Å². The lowest BCUT2D eigenvalue weighted by Gasteiger charge is -2.07. The first-order valence-electron chi connectivity index (χ1n) is 3.37. The highest BCUT2D eigenvalue weighted by Gasteiger charge is 2.30. The van der Waals surface area contributed by atoms with Gasteiger partial charge in [0.1, 0.15) is 0 Å². The van der Waals surface area contributed by atoms with Gasteiger partial charge in [-0.05, 0) is 17.7 Å². The van der Waals surface area contributed by atoms with Crippen LogP contribution in [-0.4, -0.2) is 0 Å². The van der Waals surface area contributed by atoms with Gasteiger partial charge in [-0.1, -0.05) is 30.3 Å². The summed E-state index contributed by atoms with van der Waals surface area (Å²) in [5.74, 6) is 0. The second-order valence-corrected chi connectivity index (χ2v) is 2.81. The minimum Gasteiger partial charge on any atom is -0.166 e. The third-order valence-corrected chi connectivity index (χ3v) is 1.83. The Morgan fingerprint density at radius 1 is 1.31 bits per heavy atom. The molecular weight excluding hydrogens is 201 g/mol. The summed E-state index contributed by atoms with van der Waals surface area (Å²) >= 11 is 5.52. The van der Waals surface area contributed by atoms with Crippen LogP contribution in [0.2, 0.25) is 5.02 Å². The maximum atomic E-state index is 12.1. The summed E-state index contributed by atoms with van der Waals surface area (Å²) in [6, 6.07) is 3.01. The fourth-order valence-corrected chi connectivity index (χ4v) is 1.08. The number of alkyl halides is 3. The van der Waals surface area contributed by atoms with Crippen LogP contribution in [0.25, 0.3) is 6.08 Å². The number of hydrogen-bond donors (Lipinski definition) is 0. The molecule has 1 aromatic carbocycles. The first kappa shape index (κ1) is 10.1. The molecule has 13 heavy (non-hydrogen) atoms. The Morgan fingerprint density at radius 3 is 2.31 bits per heavy atom. The van der Waals surface area contributed by atoms with Crippen molar-refractivity contribution in [1.29, 1.82) is 0 Å². The van der Waals surface area contributed by atoms with Crippen LogP contribution in [0.1, 0.15) is 11.1 Å². The summed E-state index contributed by atoms with van der Waals surface area (Å²) in [6.07, 6.45) is -3.21. The molecule has 0 spiro atoms. The molecule has 0 atom stereocenters. The van der Waals surface area contributed by atoms with Crippen molar-refractivity contribution in [2.45, 2.75) is 6.18 Å². The van der Waals surface area contributed by atoms with E-state index in [1.807, 2.05) is 0 Å². The molecule has 0 aliphatic rings. The molecule has 0 bridgehead atoms. The lowest BCUT2D eigenvalue weighted by Crippen LogP contribution is -2.04. The summed E-state index contributed by atoms with van der Waals surface area (Å²) in [7, 11) is 0. The summed E-state index contributed by atoms with van der Waals surface area (Å²) in [4.78, 5) is 0. The van der Waals surface area contributed by atoms with Crippen LogP contribution in [0.4, 0.5) is 13.2 Å². The Kier molecular flexibility index (Phi) is 2.66. The Bertz CT molecular complexity index is 328. The molecule has 0 N–H and O–H groups in total. The molecular formula is C9H5ClF3. The lowest BCUT2D eigenvalue weighted by molar-refractivity contribution is -0.137. The zero-order valence-corrected chi connectivity index (χ0v) is 7.15. The zero-order valence-electron chi connectivity index (χ0n) is 6.40. The van der Waals surface area contributed by atoms with E-state index in [1.54, 1.807) is 0 Å². The molecule has 1 aromatic rings. The maximum Gasteiger partial charge on any atom is 0.416 e. The van der Waals surface area contributed by atoms with E-state index < -0.39 is 11.7 Å². The maximum absolute atomic E-state index is 12.1. The Hall–Kier alpha value is -0.960. The van der Waals surface area contributed by atoms with Crippen molar-refractivity contribution in [2.24, 2.45) is 0 Å². The van der Waals surface area contributed by atoms with Crippen molar-refractivity contribution in [3.63, 3.8) is 0 Å². The van der Waals surface area contributed by atoms with Gasteiger partial charge < -0.3 is 0 Å². The van der Waals surface area contributed by atoms with Gasteiger partial charge in [-0.3, -0.25) is 0 Å². The largest absolute Gasteiger partial charge is 0.416 e. The first-order chi connectivity index (χ1) is 5.95. The van der Waals surface area contributed by atoms with Crippen molar-refractivity contribution in [3.05, 3.63) is 40.9 Å². The van der Waals surface area contributed by atoms with Crippen molar-refractivity contribution in [2.75, 3.05) is 0 Å². The normalized spacial score (nSPS) is 11.4. The molecule has 0 amide bonds. The monoisotopic (exact) mass is 205 g/mol. The molecule has 1 radical (unpaired) electrons. The van der Waals surface area contributed by atoms with E-state index in [9.17, 15) is 13.2 Å². The fraction of sp³-hybridized carbons (Fsp3) is 0.111. The van der Waals surface area contributed by atoms with E-state index >= 15 is 0 Å². The second-order valence-electron chi connectivity index (χ2n) is 2.40. The van der Waals surface area contributed by atoms with Crippen LogP contribution in [-0.2, 0) is 6.18 Å². The van der Waals surface area contributed by atoms with Gasteiger partial charge in [0.15, 0.2) is 0 Å². The summed E-state index contributed by atoms with van der Waals surface area (Å²) in [5.41, 5.74) is -0.391. The molecule has 4 heteroatoms. The topological polar surface area (TPSA) is 0 Å². The zero-order chi connectivity index (χ0) is 10.1. The summed E-state index contributed by atoms with van der Waals surface area (Å²) < 4.78 is 36.3. The highest BCUT2D eigenvalue weighted by Crippen LogP contribution is 2.32. The predicted octanol–water partition coefficient (Wildman–Crippen LogP) is 3.80. The lowest BCUT2D eigenvalue weighted by atomic mass is 10.1. The standard InChI is InChI=1S/C9H5ClF3/c1-2-6-3-4-7(5-8(6)10)9(11,12)13/h1-5H. The van der Waals surface area contributed by atoms with E-state index in [1.165, 1.54) is 6.07 Å². The minimum absolute atomic E-state index is 0.00248. The van der Waals surface area contributed by atoms with E-state index in [2.05, 4.69) is 0 Å². The number of halogens is 4. The van der Waals surface area contributed by atoms with Crippen molar-refractivity contribution in [3.8, 4) is 0 Å². The molecule has 69 valence electrons. The Morgan fingerprint density at radius 2 is 1.92 bits per heavy atom. The highest BCUT2D eigenvalue weighted by molar-refractivity contribution is 6.32. The number of benzene rings is 1. The van der Waals surface area contributed by atoms with Crippen molar-refractivity contribution >= 4 is 17.7 Å². The molecule has 0 unspecified atom stereocenters. The molecule has 0 aliphatic heterocycles. The molecule has 0 heterocycles. The quantitative estimate of drug-likeness (QED) is 0.654. The average Bonchev–Trinajstić information content (AvgIpc) is 2.02. The van der Waals surface area contributed by atoms with Gasteiger partial charge in [0.25, 0.3) is 0 Å². The second kappa shape index (κ2) is 3.42. The van der Waals surface area contributed by atoms with Gasteiger partial charge in [0.05, 0.1) is 5.56 Å². The van der Waals surface area contributed by atoms with Crippen LogP contribution in [0, 0.1) is 6.58 Å². The van der Waals surface area contributed by atoms with Crippen molar-refractivity contribution < 1.29 is 13.2 Å². The van der Waals surface area contributed by atoms with Crippen LogP contribution in [0.5, 0.6) is 0 Å². The van der Waals surface area contributed by atoms with Gasteiger partial charge >= 0.3 is 6.18 Å². The molecule has 0 aliphatic carbocycles. The minimum atomic E-state index is -4.36. The van der Waals surface area contributed by atoms with Gasteiger partial charge in [-0.15, -0.1) is 0 Å². The number of hydrogen-bond acceptors (Lipinski definition) is 0. The SMILES string of the molecule is [CH]=Cc1ccc(C(F)(F)F)cc1Cl. The van der Waals surface area contributed by atoms with E-state index in [-0.39, 0.29) is 5.02 Å². The average molecular weight is 206 g/mol. The van der Waals surface area contributed by atoms with E-state index in [0.717, 1.165) is 18.2 Å².